The Balaban J connectivity index is 1.81. The molecule has 0 saturated carbocycles. The second kappa shape index (κ2) is 5.35. The van der Waals surface area contributed by atoms with Crippen molar-refractivity contribution in [3.63, 3.8) is 0 Å². The molecule has 0 bridgehead atoms. The number of carbonyl (C=O) groups is 1. The van der Waals surface area contributed by atoms with Crippen molar-refractivity contribution < 1.29 is 13.2 Å². The number of fused-ring (bicyclic) bond motifs is 1. The summed E-state index contributed by atoms with van der Waals surface area (Å²) < 4.78 is 27.0. The molecule has 0 amide bonds. The van der Waals surface area contributed by atoms with Crippen LogP contribution in [-0.2, 0) is 16.6 Å². The highest BCUT2D eigenvalue weighted by Gasteiger charge is 2.13. The molecule has 2 heterocycles. The highest BCUT2D eigenvalue weighted by atomic mass is 32.2. The molecule has 0 fully saturated rings. The third kappa shape index (κ3) is 3.29. The van der Waals surface area contributed by atoms with Gasteiger partial charge in [-0.15, -0.1) is 5.10 Å². The first-order chi connectivity index (χ1) is 10.8. The highest BCUT2D eigenvalue weighted by molar-refractivity contribution is 7.92. The van der Waals surface area contributed by atoms with Gasteiger partial charge in [0.2, 0.25) is 10.0 Å². The summed E-state index contributed by atoms with van der Waals surface area (Å²) in [6, 6.07) is 5.05. The van der Waals surface area contributed by atoms with E-state index in [0.29, 0.717) is 16.7 Å². The van der Waals surface area contributed by atoms with Gasteiger partial charge in [0.15, 0.2) is 5.82 Å². The Kier molecular flexibility index (Phi) is 3.48. The quantitative estimate of drug-likeness (QED) is 0.636. The fourth-order valence-corrected chi connectivity index (χ4v) is 2.53. The number of nitrogens with zero attached hydrogens (tertiary/aromatic N) is 5. The van der Waals surface area contributed by atoms with E-state index < -0.39 is 10.0 Å². The van der Waals surface area contributed by atoms with Crippen LogP contribution in [0.25, 0.3) is 11.0 Å². The molecule has 0 aliphatic heterocycles. The van der Waals surface area contributed by atoms with Gasteiger partial charge in [0.1, 0.15) is 12.9 Å². The first kappa shape index (κ1) is 15.0. The molecule has 0 radical (unpaired) electrons. The van der Waals surface area contributed by atoms with Gasteiger partial charge in [-0.2, -0.15) is 0 Å². The summed E-state index contributed by atoms with van der Waals surface area (Å²) in [5, 5.41) is 7.35. The van der Waals surface area contributed by atoms with Gasteiger partial charge in [-0.05, 0) is 18.2 Å². The average molecular weight is 335 g/mol. The maximum absolute atomic E-state index is 12.3. The van der Waals surface area contributed by atoms with Gasteiger partial charge in [0.05, 0.1) is 23.5 Å². The fraction of sp³-hybridized carbons (Fsp3) is 0.167. The van der Waals surface area contributed by atoms with Crippen LogP contribution in [0, 0.1) is 0 Å². The van der Waals surface area contributed by atoms with Gasteiger partial charge in [0.25, 0.3) is 5.91 Å². The zero-order valence-electron chi connectivity index (χ0n) is 12.0. The van der Waals surface area contributed by atoms with Crippen molar-refractivity contribution in [2.45, 2.75) is 6.54 Å². The predicted octanol–water partition coefficient (Wildman–Crippen LogP) is -0.0781. The summed E-state index contributed by atoms with van der Waals surface area (Å²) in [4.78, 5) is 16.5. The minimum absolute atomic E-state index is 0.0450. The molecule has 3 N–H and O–H groups in total. The Labute approximate surface area is 131 Å². The zero-order valence-corrected chi connectivity index (χ0v) is 12.9. The molecule has 0 spiro atoms. The zero-order chi connectivity index (χ0) is 16.6. The molecule has 3 rings (SSSR count). The highest BCUT2D eigenvalue weighted by Crippen LogP contribution is 2.16. The van der Waals surface area contributed by atoms with Crippen LogP contribution in [-0.4, -0.2) is 45.1 Å². The summed E-state index contributed by atoms with van der Waals surface area (Å²) in [6.45, 7) is -0.117. The van der Waals surface area contributed by atoms with Crippen LogP contribution >= 0.6 is 0 Å². The molecule has 0 atom stereocenters. The summed E-state index contributed by atoms with van der Waals surface area (Å²) >= 11 is 0. The molecule has 0 saturated heterocycles. The largest absolute Gasteiger partial charge is 0.399 e. The van der Waals surface area contributed by atoms with Gasteiger partial charge in [0, 0.05) is 5.69 Å². The van der Waals surface area contributed by atoms with Crippen LogP contribution in [0.4, 0.5) is 11.5 Å². The van der Waals surface area contributed by atoms with Crippen molar-refractivity contribution in [2.75, 3.05) is 16.7 Å². The molecule has 0 aliphatic carbocycles. The molecule has 3 aromatic rings. The number of aromatic nitrogens is 5. The smallest absolute Gasteiger partial charge is 0.254 e. The molecular weight excluding hydrogens is 322 g/mol. The maximum atomic E-state index is 12.3. The lowest BCUT2D eigenvalue weighted by Crippen LogP contribution is -2.17. The van der Waals surface area contributed by atoms with Crippen LogP contribution in [0.3, 0.4) is 0 Å². The Morgan fingerprint density at radius 1 is 1.39 bits per heavy atom. The number of hydrogen-bond acceptors (Lipinski definition) is 7. The Bertz CT molecular complexity index is 989. The molecule has 120 valence electrons. The van der Waals surface area contributed by atoms with E-state index in [9.17, 15) is 13.2 Å². The lowest BCUT2D eigenvalue weighted by Gasteiger charge is -2.03. The van der Waals surface area contributed by atoms with E-state index in [2.05, 4.69) is 20.0 Å². The lowest BCUT2D eigenvalue weighted by molar-refractivity contribution is 0.0890. The van der Waals surface area contributed by atoms with E-state index in [-0.39, 0.29) is 18.3 Å². The number of nitrogens with two attached hydrogens (primary N) is 1. The van der Waals surface area contributed by atoms with Crippen molar-refractivity contribution in [2.24, 2.45) is 0 Å². The van der Waals surface area contributed by atoms with Crippen LogP contribution in [0.5, 0.6) is 0 Å². The van der Waals surface area contributed by atoms with Gasteiger partial charge in [-0.3, -0.25) is 14.1 Å². The standard InChI is InChI=1S/C12H13N7O3S/c1-23(21,22)16-11-5-18(17-15-11)6-12(20)19-7-14-9-4-8(13)2-3-10(9)19/h2-5,7,16H,6,13H2,1H3. The van der Waals surface area contributed by atoms with E-state index in [1.807, 2.05) is 0 Å². The van der Waals surface area contributed by atoms with Crippen LogP contribution in [0.1, 0.15) is 4.79 Å². The van der Waals surface area contributed by atoms with Crippen molar-refractivity contribution in [3.8, 4) is 0 Å². The summed E-state index contributed by atoms with van der Waals surface area (Å²) in [5.74, 6) is -0.253. The maximum Gasteiger partial charge on any atom is 0.254 e. The predicted molar refractivity (Wildman–Crippen MR) is 83.3 cm³/mol. The molecule has 0 unspecified atom stereocenters. The number of carbonyl (C=O) groups excluding carboxylic acids is 1. The minimum atomic E-state index is -3.45. The summed E-state index contributed by atoms with van der Waals surface area (Å²) in [6.07, 6.45) is 3.73. The van der Waals surface area contributed by atoms with E-state index in [1.165, 1.54) is 21.8 Å². The number of sulfonamides is 1. The number of hydrogen-bond donors (Lipinski definition) is 2. The topological polar surface area (TPSA) is 138 Å². The number of rotatable bonds is 4. The van der Waals surface area contributed by atoms with Crippen molar-refractivity contribution >= 4 is 38.5 Å². The second-order valence-corrected chi connectivity index (χ2v) is 6.68. The van der Waals surface area contributed by atoms with E-state index >= 15 is 0 Å². The van der Waals surface area contributed by atoms with Gasteiger partial charge >= 0.3 is 0 Å². The van der Waals surface area contributed by atoms with E-state index in [4.69, 9.17) is 5.73 Å². The average Bonchev–Trinajstić information content (AvgIpc) is 3.03. The molecule has 11 heteroatoms. The van der Waals surface area contributed by atoms with Crippen molar-refractivity contribution in [1.82, 2.24) is 24.5 Å². The Morgan fingerprint density at radius 2 is 2.17 bits per heavy atom. The number of imidazole rings is 1. The van der Waals surface area contributed by atoms with Crippen LogP contribution in [0.15, 0.2) is 30.7 Å². The molecular formula is C12H13N7O3S. The Hall–Kier alpha value is -2.95. The summed E-state index contributed by atoms with van der Waals surface area (Å²) in [7, 11) is -3.45. The Morgan fingerprint density at radius 3 is 2.91 bits per heavy atom. The van der Waals surface area contributed by atoms with Crippen molar-refractivity contribution in [3.05, 3.63) is 30.7 Å². The van der Waals surface area contributed by atoms with E-state index in [1.54, 1.807) is 18.2 Å². The van der Waals surface area contributed by atoms with Crippen LogP contribution in [0.2, 0.25) is 0 Å². The SMILES string of the molecule is CS(=O)(=O)Nc1cn(CC(=O)n2cnc3cc(N)ccc32)nn1. The number of anilines is 2. The number of benzene rings is 1. The molecule has 2 aromatic heterocycles. The van der Waals surface area contributed by atoms with E-state index in [0.717, 1.165) is 6.26 Å². The molecule has 23 heavy (non-hydrogen) atoms. The lowest BCUT2D eigenvalue weighted by atomic mass is 10.3. The molecule has 0 aliphatic rings. The monoisotopic (exact) mass is 335 g/mol. The number of nitrogen functional groups attached to an aromatic ring is 1. The minimum Gasteiger partial charge on any atom is -0.399 e. The van der Waals surface area contributed by atoms with Gasteiger partial charge in [-0.1, -0.05) is 5.21 Å². The third-order valence-corrected chi connectivity index (χ3v) is 3.55. The van der Waals surface area contributed by atoms with Gasteiger partial charge in [-0.25, -0.2) is 18.1 Å². The first-order valence-electron chi connectivity index (χ1n) is 6.45. The fourth-order valence-electron chi connectivity index (χ4n) is 2.06. The number of nitrogens with one attached hydrogen (secondary N) is 1. The second-order valence-electron chi connectivity index (χ2n) is 4.93. The molecule has 1 aromatic carbocycles. The third-order valence-electron chi connectivity index (χ3n) is 2.97. The van der Waals surface area contributed by atoms with Crippen molar-refractivity contribution in [1.29, 1.82) is 0 Å². The molecule has 10 nitrogen and oxygen atoms in total. The van der Waals surface area contributed by atoms with Crippen LogP contribution < -0.4 is 10.5 Å². The first-order valence-corrected chi connectivity index (χ1v) is 8.35. The normalized spacial score (nSPS) is 11.7. The van der Waals surface area contributed by atoms with Gasteiger partial charge < -0.3 is 5.73 Å². The summed E-state index contributed by atoms with van der Waals surface area (Å²) in [5.41, 5.74) is 7.46.